The van der Waals surface area contributed by atoms with Gasteiger partial charge >= 0.3 is 0 Å². The molecule has 0 fully saturated rings. The molecule has 2 nitrogen and oxygen atoms in total. The molecule has 74 valence electrons. The SMILES string of the molecule is CSC1=CC(C)(SC)C(N)C=C1N. The minimum absolute atomic E-state index is 0.0124. The molecule has 0 saturated carbocycles. The van der Waals surface area contributed by atoms with Crippen LogP contribution in [0.5, 0.6) is 0 Å². The molecule has 0 spiro atoms. The Morgan fingerprint density at radius 2 is 2.08 bits per heavy atom. The van der Waals surface area contributed by atoms with E-state index in [0.29, 0.717) is 0 Å². The minimum Gasteiger partial charge on any atom is -0.398 e. The Labute approximate surface area is 88.2 Å². The second-order valence-corrected chi connectivity index (χ2v) is 5.38. The highest BCUT2D eigenvalue weighted by Gasteiger charge is 2.31. The fourth-order valence-corrected chi connectivity index (χ4v) is 2.57. The molecule has 4 N–H and O–H groups in total. The van der Waals surface area contributed by atoms with Crippen molar-refractivity contribution < 1.29 is 0 Å². The lowest BCUT2D eigenvalue weighted by Crippen LogP contribution is -2.42. The molecule has 0 aromatic rings. The average Bonchev–Trinajstić information content (AvgIpc) is 2.11. The van der Waals surface area contributed by atoms with Gasteiger partial charge in [0.25, 0.3) is 0 Å². The molecular weight excluding hydrogens is 200 g/mol. The standard InChI is InChI=1S/C9H16N2S2/c1-9(13-3)5-7(12-2)6(10)4-8(9)11/h4-5,8H,10-11H2,1-3H3. The first-order chi connectivity index (χ1) is 6.03. The highest BCUT2D eigenvalue weighted by Crippen LogP contribution is 2.36. The molecule has 0 amide bonds. The molecular formula is C9H16N2S2. The summed E-state index contributed by atoms with van der Waals surface area (Å²) in [5, 5.41) is 0. The zero-order valence-corrected chi connectivity index (χ0v) is 9.84. The van der Waals surface area contributed by atoms with Gasteiger partial charge in [-0.25, -0.2) is 0 Å². The third kappa shape index (κ3) is 2.06. The van der Waals surface area contributed by atoms with E-state index < -0.39 is 0 Å². The first-order valence-electron chi connectivity index (χ1n) is 4.08. The quantitative estimate of drug-likeness (QED) is 0.735. The normalized spacial score (nSPS) is 34.0. The van der Waals surface area contributed by atoms with Crippen LogP contribution in [0, 0.1) is 0 Å². The molecule has 1 aliphatic carbocycles. The third-order valence-corrected chi connectivity index (χ3v) is 4.45. The van der Waals surface area contributed by atoms with Gasteiger partial charge in [-0.15, -0.1) is 11.8 Å². The predicted molar refractivity (Wildman–Crippen MR) is 63.8 cm³/mol. The van der Waals surface area contributed by atoms with Crippen molar-refractivity contribution >= 4 is 23.5 Å². The van der Waals surface area contributed by atoms with E-state index in [2.05, 4.69) is 19.3 Å². The molecule has 2 unspecified atom stereocenters. The second-order valence-electron chi connectivity index (χ2n) is 3.25. The summed E-state index contributed by atoms with van der Waals surface area (Å²) in [6.45, 7) is 2.14. The lowest BCUT2D eigenvalue weighted by atomic mass is 9.95. The van der Waals surface area contributed by atoms with E-state index in [9.17, 15) is 0 Å². The predicted octanol–water partition coefficient (Wildman–Crippen LogP) is 1.54. The zero-order chi connectivity index (χ0) is 10.1. The van der Waals surface area contributed by atoms with E-state index in [1.165, 1.54) is 0 Å². The number of thioether (sulfide) groups is 2. The molecule has 1 aliphatic rings. The number of rotatable bonds is 2. The van der Waals surface area contributed by atoms with Crippen molar-refractivity contribution in [1.82, 2.24) is 0 Å². The second kappa shape index (κ2) is 3.98. The lowest BCUT2D eigenvalue weighted by molar-refractivity contribution is 0.668. The Morgan fingerprint density at radius 3 is 2.54 bits per heavy atom. The van der Waals surface area contributed by atoms with Gasteiger partial charge in [0.2, 0.25) is 0 Å². The molecule has 0 aliphatic heterocycles. The molecule has 0 aromatic carbocycles. The smallest absolute Gasteiger partial charge is 0.0509 e. The third-order valence-electron chi connectivity index (χ3n) is 2.38. The minimum atomic E-state index is -0.0127. The van der Waals surface area contributed by atoms with Crippen molar-refractivity contribution in [2.24, 2.45) is 11.5 Å². The Balaban J connectivity index is 3.00. The van der Waals surface area contributed by atoms with Crippen LogP contribution in [0.15, 0.2) is 22.8 Å². The molecule has 0 saturated heterocycles. The Morgan fingerprint density at radius 1 is 1.46 bits per heavy atom. The van der Waals surface area contributed by atoms with Crippen LogP contribution in [0.3, 0.4) is 0 Å². The lowest BCUT2D eigenvalue weighted by Gasteiger charge is -2.33. The Kier molecular flexibility index (Phi) is 3.38. The van der Waals surface area contributed by atoms with Crippen molar-refractivity contribution in [1.29, 1.82) is 0 Å². The molecule has 0 aromatic heterocycles. The van der Waals surface area contributed by atoms with Crippen LogP contribution in [0.25, 0.3) is 0 Å². The summed E-state index contributed by atoms with van der Waals surface area (Å²) in [5.74, 6) is 0. The maximum absolute atomic E-state index is 6.00. The van der Waals surface area contributed by atoms with E-state index in [0.717, 1.165) is 10.6 Å². The van der Waals surface area contributed by atoms with Crippen LogP contribution in [0.1, 0.15) is 6.92 Å². The van der Waals surface area contributed by atoms with Crippen molar-refractivity contribution in [3.63, 3.8) is 0 Å². The van der Waals surface area contributed by atoms with E-state index in [4.69, 9.17) is 11.5 Å². The monoisotopic (exact) mass is 216 g/mol. The van der Waals surface area contributed by atoms with Crippen LogP contribution >= 0.6 is 23.5 Å². The van der Waals surface area contributed by atoms with Gasteiger partial charge in [0.15, 0.2) is 0 Å². The summed E-state index contributed by atoms with van der Waals surface area (Å²) < 4.78 is -0.0127. The summed E-state index contributed by atoms with van der Waals surface area (Å²) in [6, 6.07) is 0.0124. The molecule has 0 heterocycles. The maximum Gasteiger partial charge on any atom is 0.0509 e. The van der Waals surface area contributed by atoms with Gasteiger partial charge in [0, 0.05) is 16.6 Å². The van der Waals surface area contributed by atoms with E-state index in [1.807, 2.05) is 12.3 Å². The number of hydrogen-bond donors (Lipinski definition) is 2. The summed E-state index contributed by atoms with van der Waals surface area (Å²) in [4.78, 5) is 1.14. The fraction of sp³-hybridized carbons (Fsp3) is 0.556. The molecule has 0 bridgehead atoms. The van der Waals surface area contributed by atoms with Crippen molar-refractivity contribution in [3.8, 4) is 0 Å². The van der Waals surface area contributed by atoms with Crippen molar-refractivity contribution in [3.05, 3.63) is 22.8 Å². The highest BCUT2D eigenvalue weighted by molar-refractivity contribution is 8.03. The first kappa shape index (κ1) is 11.0. The topological polar surface area (TPSA) is 52.0 Å². The van der Waals surface area contributed by atoms with Gasteiger partial charge in [-0.1, -0.05) is 6.08 Å². The molecule has 13 heavy (non-hydrogen) atoms. The van der Waals surface area contributed by atoms with Gasteiger partial charge in [-0.05, 0) is 25.5 Å². The van der Waals surface area contributed by atoms with Crippen LogP contribution in [-0.2, 0) is 0 Å². The van der Waals surface area contributed by atoms with Gasteiger partial charge in [0.05, 0.1) is 4.75 Å². The van der Waals surface area contributed by atoms with Crippen molar-refractivity contribution in [2.45, 2.75) is 17.7 Å². The van der Waals surface area contributed by atoms with Gasteiger partial charge in [-0.2, -0.15) is 11.8 Å². The molecule has 0 radical (unpaired) electrons. The van der Waals surface area contributed by atoms with Crippen LogP contribution in [-0.4, -0.2) is 23.3 Å². The van der Waals surface area contributed by atoms with E-state index in [-0.39, 0.29) is 10.8 Å². The first-order valence-corrected chi connectivity index (χ1v) is 6.53. The van der Waals surface area contributed by atoms with Crippen LogP contribution in [0.4, 0.5) is 0 Å². The molecule has 2 atom stereocenters. The van der Waals surface area contributed by atoms with Crippen LogP contribution < -0.4 is 11.5 Å². The maximum atomic E-state index is 6.00. The summed E-state index contributed by atoms with van der Waals surface area (Å²) in [7, 11) is 0. The summed E-state index contributed by atoms with van der Waals surface area (Å²) in [6.07, 6.45) is 8.22. The average molecular weight is 216 g/mol. The number of nitrogens with two attached hydrogens (primary N) is 2. The largest absolute Gasteiger partial charge is 0.398 e. The van der Waals surface area contributed by atoms with Crippen molar-refractivity contribution in [2.75, 3.05) is 12.5 Å². The van der Waals surface area contributed by atoms with Crippen LogP contribution in [0.2, 0.25) is 0 Å². The zero-order valence-electron chi connectivity index (χ0n) is 8.20. The fourth-order valence-electron chi connectivity index (χ4n) is 1.25. The Bertz CT molecular complexity index is 260. The number of hydrogen-bond acceptors (Lipinski definition) is 4. The van der Waals surface area contributed by atoms with E-state index >= 15 is 0 Å². The van der Waals surface area contributed by atoms with Gasteiger partial charge in [-0.3, -0.25) is 0 Å². The van der Waals surface area contributed by atoms with E-state index in [1.54, 1.807) is 23.5 Å². The van der Waals surface area contributed by atoms with Gasteiger partial charge in [0.1, 0.15) is 0 Å². The van der Waals surface area contributed by atoms with Gasteiger partial charge < -0.3 is 11.5 Å². The summed E-state index contributed by atoms with van der Waals surface area (Å²) in [5.41, 5.74) is 12.7. The highest BCUT2D eigenvalue weighted by atomic mass is 32.2. The summed E-state index contributed by atoms with van der Waals surface area (Å²) >= 11 is 3.43. The molecule has 1 rings (SSSR count). The Hall–Kier alpha value is -0.0600. The molecule has 4 heteroatoms.